The van der Waals surface area contributed by atoms with Gasteiger partial charge in [0.05, 0.1) is 0 Å². The summed E-state index contributed by atoms with van der Waals surface area (Å²) in [7, 11) is 0. The average molecular weight is 180 g/mol. The smallest absolute Gasteiger partial charge is 0.0326 e. The van der Waals surface area contributed by atoms with E-state index >= 15 is 0 Å². The van der Waals surface area contributed by atoms with Gasteiger partial charge in [0.1, 0.15) is 0 Å². The molecule has 0 amide bonds. The molecule has 0 heterocycles. The monoisotopic (exact) mass is 180 g/mol. The van der Waals surface area contributed by atoms with Gasteiger partial charge in [-0.05, 0) is 36.5 Å². The third-order valence-electron chi connectivity index (χ3n) is 4.39. The Morgan fingerprint density at radius 1 is 1.15 bits per heavy atom. The van der Waals surface area contributed by atoms with Crippen molar-refractivity contribution in [2.75, 3.05) is 0 Å². The summed E-state index contributed by atoms with van der Waals surface area (Å²) in [5.74, 6) is 4.54. The minimum absolute atomic E-state index is 1.06. The molecule has 4 atom stereocenters. The van der Waals surface area contributed by atoms with Gasteiger partial charge in [0.25, 0.3) is 0 Å². The van der Waals surface area contributed by atoms with Crippen LogP contribution in [0.25, 0.3) is 0 Å². The van der Waals surface area contributed by atoms with Crippen LogP contribution < -0.4 is 0 Å². The van der Waals surface area contributed by atoms with Gasteiger partial charge in [-0.3, -0.25) is 0 Å². The van der Waals surface area contributed by atoms with Crippen LogP contribution in [0.15, 0.2) is 0 Å². The normalized spacial score (nSPS) is 42.9. The summed E-state index contributed by atoms with van der Waals surface area (Å²) in [5, 5.41) is 0. The van der Waals surface area contributed by atoms with Crippen LogP contribution in [0, 0.1) is 23.7 Å². The molecule has 76 valence electrons. The summed E-state index contributed by atoms with van der Waals surface area (Å²) in [4.78, 5) is 0. The van der Waals surface area contributed by atoms with Crippen molar-refractivity contribution in [3.05, 3.63) is 0 Å². The lowest BCUT2D eigenvalue weighted by Gasteiger charge is -2.15. The van der Waals surface area contributed by atoms with E-state index in [1.165, 1.54) is 38.0 Å². The molecule has 0 radical (unpaired) electrons. The molecule has 0 aromatic carbocycles. The Kier molecular flexibility index (Phi) is 2.96. The van der Waals surface area contributed by atoms with Crippen LogP contribution >= 0.6 is 0 Å². The molecule has 13 heavy (non-hydrogen) atoms. The van der Waals surface area contributed by atoms with Crippen molar-refractivity contribution in [1.29, 1.82) is 0 Å². The number of fused-ring (bicyclic) bond motifs is 1. The summed E-state index contributed by atoms with van der Waals surface area (Å²) in [6, 6.07) is 0. The SMILES string of the molecule is CCCCCC1C2CCCC(C)C12. The molecule has 2 rings (SSSR count). The number of unbranched alkanes of at least 4 members (excludes halogenated alkanes) is 2. The predicted molar refractivity (Wildman–Crippen MR) is 57.6 cm³/mol. The molecule has 0 spiro atoms. The quantitative estimate of drug-likeness (QED) is 0.567. The molecular weight excluding hydrogens is 156 g/mol. The second-order valence-electron chi connectivity index (χ2n) is 5.31. The Balaban J connectivity index is 1.71. The maximum atomic E-state index is 2.48. The van der Waals surface area contributed by atoms with Gasteiger partial charge in [-0.15, -0.1) is 0 Å². The summed E-state index contributed by atoms with van der Waals surface area (Å²) in [5.41, 5.74) is 0. The highest BCUT2D eigenvalue weighted by Crippen LogP contribution is 2.59. The Morgan fingerprint density at radius 2 is 2.00 bits per heavy atom. The standard InChI is InChI=1S/C13H24/c1-3-4-5-8-11-12-9-6-7-10(2)13(11)12/h10-13H,3-9H2,1-2H3. The first-order valence-corrected chi connectivity index (χ1v) is 6.34. The van der Waals surface area contributed by atoms with Crippen molar-refractivity contribution in [2.24, 2.45) is 23.7 Å². The van der Waals surface area contributed by atoms with Crippen LogP contribution in [0.5, 0.6) is 0 Å². The third-order valence-corrected chi connectivity index (χ3v) is 4.39. The zero-order chi connectivity index (χ0) is 9.26. The van der Waals surface area contributed by atoms with E-state index in [-0.39, 0.29) is 0 Å². The molecule has 0 aromatic rings. The van der Waals surface area contributed by atoms with Crippen molar-refractivity contribution in [2.45, 2.75) is 58.8 Å². The Hall–Kier alpha value is 0. The van der Waals surface area contributed by atoms with E-state index in [4.69, 9.17) is 0 Å². The van der Waals surface area contributed by atoms with Crippen LogP contribution in [0.1, 0.15) is 58.8 Å². The minimum atomic E-state index is 1.06. The molecule has 4 unspecified atom stereocenters. The molecule has 0 heteroatoms. The molecule has 0 bridgehead atoms. The first-order valence-electron chi connectivity index (χ1n) is 6.34. The fourth-order valence-electron chi connectivity index (χ4n) is 3.63. The number of rotatable bonds is 4. The van der Waals surface area contributed by atoms with E-state index in [2.05, 4.69) is 13.8 Å². The van der Waals surface area contributed by atoms with E-state index in [1.807, 2.05) is 0 Å². The van der Waals surface area contributed by atoms with E-state index in [9.17, 15) is 0 Å². The fraction of sp³-hybridized carbons (Fsp3) is 1.00. The highest BCUT2D eigenvalue weighted by molar-refractivity contribution is 5.01. The van der Waals surface area contributed by atoms with Crippen molar-refractivity contribution in [3.63, 3.8) is 0 Å². The molecule has 2 fully saturated rings. The van der Waals surface area contributed by atoms with Crippen LogP contribution in [0.4, 0.5) is 0 Å². The van der Waals surface area contributed by atoms with Gasteiger partial charge in [-0.1, -0.05) is 46.0 Å². The zero-order valence-corrected chi connectivity index (χ0v) is 9.26. The first kappa shape index (κ1) is 9.55. The van der Waals surface area contributed by atoms with Gasteiger partial charge in [0.15, 0.2) is 0 Å². The third kappa shape index (κ3) is 1.92. The van der Waals surface area contributed by atoms with E-state index < -0.39 is 0 Å². The lowest BCUT2D eigenvalue weighted by atomic mass is 9.91. The van der Waals surface area contributed by atoms with Crippen LogP contribution in [-0.2, 0) is 0 Å². The summed E-state index contributed by atoms with van der Waals surface area (Å²) in [6.07, 6.45) is 10.5. The van der Waals surface area contributed by atoms with Gasteiger partial charge in [-0.2, -0.15) is 0 Å². The molecule has 2 saturated carbocycles. The number of hydrogen-bond acceptors (Lipinski definition) is 0. The van der Waals surface area contributed by atoms with Crippen LogP contribution in [-0.4, -0.2) is 0 Å². The maximum absolute atomic E-state index is 2.48. The van der Waals surface area contributed by atoms with Gasteiger partial charge in [0.2, 0.25) is 0 Å². The van der Waals surface area contributed by atoms with Crippen molar-refractivity contribution < 1.29 is 0 Å². The summed E-state index contributed by atoms with van der Waals surface area (Å²) >= 11 is 0. The molecule has 0 aliphatic heterocycles. The van der Waals surface area contributed by atoms with E-state index in [0.29, 0.717) is 0 Å². The fourth-order valence-corrected chi connectivity index (χ4v) is 3.63. The largest absolute Gasteiger partial charge is 0.0654 e. The molecule has 2 aliphatic carbocycles. The van der Waals surface area contributed by atoms with Gasteiger partial charge in [0, 0.05) is 0 Å². The zero-order valence-electron chi connectivity index (χ0n) is 9.26. The Labute approximate surface area is 83.1 Å². The lowest BCUT2D eigenvalue weighted by molar-refractivity contribution is 0.358. The summed E-state index contributed by atoms with van der Waals surface area (Å²) < 4.78 is 0. The first-order chi connectivity index (χ1) is 6.34. The predicted octanol–water partition coefficient (Wildman–Crippen LogP) is 4.25. The van der Waals surface area contributed by atoms with E-state index in [0.717, 1.165) is 17.8 Å². The van der Waals surface area contributed by atoms with Crippen molar-refractivity contribution in [3.8, 4) is 0 Å². The topological polar surface area (TPSA) is 0 Å². The van der Waals surface area contributed by atoms with Gasteiger partial charge >= 0.3 is 0 Å². The van der Waals surface area contributed by atoms with Crippen LogP contribution in [0.3, 0.4) is 0 Å². The summed E-state index contributed by atoms with van der Waals surface area (Å²) in [6.45, 7) is 4.79. The average Bonchev–Trinajstić information content (AvgIpc) is 2.81. The Morgan fingerprint density at radius 3 is 2.69 bits per heavy atom. The van der Waals surface area contributed by atoms with Crippen LogP contribution in [0.2, 0.25) is 0 Å². The maximum Gasteiger partial charge on any atom is -0.0326 e. The van der Waals surface area contributed by atoms with Crippen molar-refractivity contribution >= 4 is 0 Å². The molecule has 0 N–H and O–H groups in total. The number of hydrogen-bond donors (Lipinski definition) is 0. The van der Waals surface area contributed by atoms with E-state index in [1.54, 1.807) is 12.8 Å². The minimum Gasteiger partial charge on any atom is -0.0654 e. The lowest BCUT2D eigenvalue weighted by Crippen LogP contribution is -2.05. The van der Waals surface area contributed by atoms with Gasteiger partial charge in [-0.25, -0.2) is 0 Å². The molecular formula is C13H24. The molecule has 2 aliphatic rings. The highest BCUT2D eigenvalue weighted by Gasteiger charge is 2.52. The second kappa shape index (κ2) is 4.02. The second-order valence-corrected chi connectivity index (χ2v) is 5.31. The highest BCUT2D eigenvalue weighted by atomic mass is 14.6. The molecule has 0 nitrogen and oxygen atoms in total. The van der Waals surface area contributed by atoms with Gasteiger partial charge < -0.3 is 0 Å². The molecule has 0 aromatic heterocycles. The molecule has 0 saturated heterocycles. The Bertz CT molecular complexity index is 161. The van der Waals surface area contributed by atoms with Crippen molar-refractivity contribution in [1.82, 2.24) is 0 Å².